The third kappa shape index (κ3) is 3.77. The maximum Gasteiger partial charge on any atom is 0.0794 e. The van der Waals surface area contributed by atoms with E-state index in [0.29, 0.717) is 12.1 Å². The van der Waals surface area contributed by atoms with Crippen LogP contribution >= 0.6 is 11.3 Å². The number of aromatic nitrogens is 1. The summed E-state index contributed by atoms with van der Waals surface area (Å²) >= 11 is 1.77. The maximum absolute atomic E-state index is 4.18. The highest BCUT2D eigenvalue weighted by atomic mass is 32.1. The Labute approximate surface area is 115 Å². The Morgan fingerprint density at radius 3 is 3.00 bits per heavy atom. The Morgan fingerprint density at radius 1 is 1.56 bits per heavy atom. The van der Waals surface area contributed by atoms with Crippen molar-refractivity contribution in [3.63, 3.8) is 0 Å². The van der Waals surface area contributed by atoms with Crippen molar-refractivity contribution < 1.29 is 0 Å². The fourth-order valence-corrected chi connectivity index (χ4v) is 3.39. The summed E-state index contributed by atoms with van der Waals surface area (Å²) in [5.41, 5.74) is 1.93. The first kappa shape index (κ1) is 14.0. The van der Waals surface area contributed by atoms with E-state index in [4.69, 9.17) is 0 Å². The summed E-state index contributed by atoms with van der Waals surface area (Å²) < 4.78 is 0. The van der Waals surface area contributed by atoms with Crippen LogP contribution in [0.5, 0.6) is 0 Å². The van der Waals surface area contributed by atoms with Gasteiger partial charge >= 0.3 is 0 Å². The zero-order valence-electron chi connectivity index (χ0n) is 11.7. The smallest absolute Gasteiger partial charge is 0.0794 e. The largest absolute Gasteiger partial charge is 0.311 e. The SMILES string of the molecule is CCC1CNC(CC(C)C)CN1Cc1cncs1. The van der Waals surface area contributed by atoms with E-state index in [1.807, 2.05) is 11.7 Å². The Bertz CT molecular complexity index is 337. The summed E-state index contributed by atoms with van der Waals surface area (Å²) in [5.74, 6) is 0.769. The average Bonchev–Trinajstić information content (AvgIpc) is 2.81. The van der Waals surface area contributed by atoms with E-state index >= 15 is 0 Å². The average molecular weight is 267 g/mol. The van der Waals surface area contributed by atoms with Gasteiger partial charge in [-0.3, -0.25) is 9.88 Å². The zero-order chi connectivity index (χ0) is 13.0. The third-order valence-electron chi connectivity index (χ3n) is 3.68. The number of piperazine rings is 1. The quantitative estimate of drug-likeness (QED) is 0.889. The first-order chi connectivity index (χ1) is 8.69. The number of thiazole rings is 1. The highest BCUT2D eigenvalue weighted by Crippen LogP contribution is 2.19. The molecule has 1 aliphatic heterocycles. The standard InChI is InChI=1S/C14H25N3S/c1-4-13-6-16-12(5-11(2)3)8-17(13)9-14-7-15-10-18-14/h7,10-13,16H,4-6,8-9H2,1-3H3. The van der Waals surface area contributed by atoms with Gasteiger partial charge in [0.15, 0.2) is 0 Å². The second-order valence-electron chi connectivity index (χ2n) is 5.69. The molecule has 0 amide bonds. The lowest BCUT2D eigenvalue weighted by atomic mass is 9.99. The van der Waals surface area contributed by atoms with Gasteiger partial charge in [0, 0.05) is 42.8 Å². The molecule has 0 spiro atoms. The molecule has 1 saturated heterocycles. The fraction of sp³-hybridized carbons (Fsp3) is 0.786. The number of rotatable bonds is 5. The van der Waals surface area contributed by atoms with Crippen LogP contribution in [0.4, 0.5) is 0 Å². The highest BCUT2D eigenvalue weighted by molar-refractivity contribution is 7.09. The van der Waals surface area contributed by atoms with Gasteiger partial charge in [0.05, 0.1) is 5.51 Å². The second-order valence-corrected chi connectivity index (χ2v) is 6.66. The van der Waals surface area contributed by atoms with Gasteiger partial charge in [-0.1, -0.05) is 20.8 Å². The molecule has 2 atom stereocenters. The Morgan fingerprint density at radius 2 is 2.39 bits per heavy atom. The summed E-state index contributed by atoms with van der Waals surface area (Å²) in [6.07, 6.45) is 4.51. The molecule has 1 aromatic heterocycles. The van der Waals surface area contributed by atoms with Crippen molar-refractivity contribution in [2.75, 3.05) is 13.1 Å². The Kier molecular flexibility index (Phi) is 5.15. The molecule has 0 aliphatic carbocycles. The van der Waals surface area contributed by atoms with E-state index in [9.17, 15) is 0 Å². The Balaban J connectivity index is 1.94. The van der Waals surface area contributed by atoms with Crippen LogP contribution in [0, 0.1) is 5.92 Å². The molecule has 1 aliphatic rings. The van der Waals surface area contributed by atoms with E-state index in [1.54, 1.807) is 11.3 Å². The molecule has 102 valence electrons. The highest BCUT2D eigenvalue weighted by Gasteiger charge is 2.27. The van der Waals surface area contributed by atoms with Gasteiger partial charge in [-0.2, -0.15) is 0 Å². The predicted molar refractivity (Wildman–Crippen MR) is 77.8 cm³/mol. The van der Waals surface area contributed by atoms with E-state index in [-0.39, 0.29) is 0 Å². The van der Waals surface area contributed by atoms with Crippen molar-refractivity contribution in [1.82, 2.24) is 15.2 Å². The number of hydrogen-bond donors (Lipinski definition) is 1. The van der Waals surface area contributed by atoms with Crippen LogP contribution < -0.4 is 5.32 Å². The molecule has 0 bridgehead atoms. The molecule has 2 unspecified atom stereocenters. The van der Waals surface area contributed by atoms with E-state index in [2.05, 4.69) is 36.0 Å². The monoisotopic (exact) mass is 267 g/mol. The van der Waals surface area contributed by atoms with Gasteiger partial charge < -0.3 is 5.32 Å². The zero-order valence-corrected chi connectivity index (χ0v) is 12.5. The molecular formula is C14H25N3S. The van der Waals surface area contributed by atoms with Crippen molar-refractivity contribution in [2.24, 2.45) is 5.92 Å². The van der Waals surface area contributed by atoms with Gasteiger partial charge in [-0.15, -0.1) is 11.3 Å². The number of nitrogens with zero attached hydrogens (tertiary/aromatic N) is 2. The van der Waals surface area contributed by atoms with E-state index in [1.165, 1.54) is 24.3 Å². The third-order valence-corrected chi connectivity index (χ3v) is 4.45. The summed E-state index contributed by atoms with van der Waals surface area (Å²) in [6.45, 7) is 10.3. The maximum atomic E-state index is 4.18. The molecule has 2 heterocycles. The van der Waals surface area contributed by atoms with Crippen LogP contribution in [0.2, 0.25) is 0 Å². The van der Waals surface area contributed by atoms with Gasteiger partial charge in [0.2, 0.25) is 0 Å². The molecule has 0 aromatic carbocycles. The molecule has 1 aromatic rings. The van der Waals surface area contributed by atoms with Crippen molar-refractivity contribution in [2.45, 2.75) is 52.2 Å². The topological polar surface area (TPSA) is 28.2 Å². The van der Waals surface area contributed by atoms with Crippen LogP contribution in [0.25, 0.3) is 0 Å². The first-order valence-electron chi connectivity index (χ1n) is 7.03. The van der Waals surface area contributed by atoms with Crippen LogP contribution in [0.15, 0.2) is 11.7 Å². The Hall–Kier alpha value is -0.450. The molecule has 0 radical (unpaired) electrons. The van der Waals surface area contributed by atoms with Crippen LogP contribution in [0.3, 0.4) is 0 Å². The molecule has 4 heteroatoms. The van der Waals surface area contributed by atoms with Crippen LogP contribution in [0.1, 0.15) is 38.5 Å². The van der Waals surface area contributed by atoms with Crippen molar-refractivity contribution in [3.05, 3.63) is 16.6 Å². The van der Waals surface area contributed by atoms with Gasteiger partial charge in [0.25, 0.3) is 0 Å². The lowest BCUT2D eigenvalue weighted by molar-refractivity contribution is 0.112. The van der Waals surface area contributed by atoms with E-state index < -0.39 is 0 Å². The molecule has 3 nitrogen and oxygen atoms in total. The summed E-state index contributed by atoms with van der Waals surface area (Å²) in [6, 6.07) is 1.33. The second kappa shape index (κ2) is 6.64. The van der Waals surface area contributed by atoms with Gasteiger partial charge in [-0.05, 0) is 18.8 Å². The van der Waals surface area contributed by atoms with Gasteiger partial charge in [0.1, 0.15) is 0 Å². The van der Waals surface area contributed by atoms with Crippen LogP contribution in [-0.2, 0) is 6.54 Å². The molecule has 0 saturated carbocycles. The molecule has 18 heavy (non-hydrogen) atoms. The number of nitrogens with one attached hydrogen (secondary N) is 1. The lowest BCUT2D eigenvalue weighted by Crippen LogP contribution is -2.56. The van der Waals surface area contributed by atoms with E-state index in [0.717, 1.165) is 19.0 Å². The molecular weight excluding hydrogens is 242 g/mol. The van der Waals surface area contributed by atoms with Crippen molar-refractivity contribution in [3.8, 4) is 0 Å². The molecule has 2 rings (SSSR count). The molecule has 1 fully saturated rings. The van der Waals surface area contributed by atoms with Gasteiger partial charge in [-0.25, -0.2) is 0 Å². The minimum atomic E-state index is 0.653. The predicted octanol–water partition coefficient (Wildman–Crippen LogP) is 2.74. The minimum Gasteiger partial charge on any atom is -0.311 e. The fourth-order valence-electron chi connectivity index (χ4n) is 2.77. The minimum absolute atomic E-state index is 0.653. The normalized spacial score (nSPS) is 25.8. The number of hydrogen-bond acceptors (Lipinski definition) is 4. The van der Waals surface area contributed by atoms with Crippen molar-refractivity contribution >= 4 is 11.3 Å². The summed E-state index contributed by atoms with van der Waals surface area (Å²) in [7, 11) is 0. The van der Waals surface area contributed by atoms with Crippen molar-refractivity contribution in [1.29, 1.82) is 0 Å². The first-order valence-corrected chi connectivity index (χ1v) is 7.91. The summed E-state index contributed by atoms with van der Waals surface area (Å²) in [5, 5.41) is 3.71. The molecule has 1 N–H and O–H groups in total. The lowest BCUT2D eigenvalue weighted by Gasteiger charge is -2.40. The van der Waals surface area contributed by atoms with Crippen LogP contribution in [-0.4, -0.2) is 35.1 Å². The summed E-state index contributed by atoms with van der Waals surface area (Å²) in [4.78, 5) is 8.21.